The molecule has 19 heavy (non-hydrogen) atoms. The zero-order valence-corrected chi connectivity index (χ0v) is 12.4. The Hall–Kier alpha value is -0.120. The molecule has 3 fully saturated rings. The summed E-state index contributed by atoms with van der Waals surface area (Å²) in [5, 5.41) is 0. The lowest BCUT2D eigenvalue weighted by Gasteiger charge is -2.35. The number of hydrogen-bond donors (Lipinski definition) is 1. The van der Waals surface area contributed by atoms with E-state index in [0.29, 0.717) is 6.04 Å². The molecule has 3 heteroatoms. The van der Waals surface area contributed by atoms with E-state index in [2.05, 4.69) is 9.80 Å². The van der Waals surface area contributed by atoms with Gasteiger partial charge in [-0.2, -0.15) is 0 Å². The first-order chi connectivity index (χ1) is 9.31. The van der Waals surface area contributed by atoms with Gasteiger partial charge in [0.1, 0.15) is 0 Å². The highest BCUT2D eigenvalue weighted by Gasteiger charge is 2.30. The van der Waals surface area contributed by atoms with Gasteiger partial charge in [-0.1, -0.05) is 19.3 Å². The number of nitrogens with two attached hydrogens (primary N) is 1. The molecule has 0 radical (unpaired) electrons. The van der Waals surface area contributed by atoms with Gasteiger partial charge in [-0.3, -0.25) is 4.90 Å². The fourth-order valence-corrected chi connectivity index (χ4v) is 4.30. The van der Waals surface area contributed by atoms with Crippen LogP contribution in [0.4, 0.5) is 0 Å². The van der Waals surface area contributed by atoms with E-state index in [-0.39, 0.29) is 0 Å². The molecule has 1 aliphatic carbocycles. The molecule has 0 aromatic rings. The number of hydrogen-bond acceptors (Lipinski definition) is 3. The molecule has 2 aliphatic heterocycles. The van der Waals surface area contributed by atoms with Crippen molar-refractivity contribution in [2.75, 3.05) is 32.7 Å². The molecule has 1 saturated carbocycles. The van der Waals surface area contributed by atoms with E-state index >= 15 is 0 Å². The summed E-state index contributed by atoms with van der Waals surface area (Å²) >= 11 is 0. The van der Waals surface area contributed by atoms with Crippen LogP contribution in [0.15, 0.2) is 0 Å². The summed E-state index contributed by atoms with van der Waals surface area (Å²) in [6, 6.07) is 1.30. The first-order valence-corrected chi connectivity index (χ1v) is 8.53. The molecule has 110 valence electrons. The average molecular weight is 265 g/mol. The van der Waals surface area contributed by atoms with Gasteiger partial charge in [0, 0.05) is 25.2 Å². The summed E-state index contributed by atoms with van der Waals surface area (Å²) in [7, 11) is 0. The van der Waals surface area contributed by atoms with E-state index in [4.69, 9.17) is 5.73 Å². The smallest absolute Gasteiger partial charge is 0.0235 e. The average Bonchev–Trinajstić information content (AvgIpc) is 2.89. The van der Waals surface area contributed by atoms with E-state index in [0.717, 1.165) is 12.0 Å². The maximum Gasteiger partial charge on any atom is 0.0235 e. The summed E-state index contributed by atoms with van der Waals surface area (Å²) < 4.78 is 0. The van der Waals surface area contributed by atoms with Crippen molar-refractivity contribution in [3.8, 4) is 0 Å². The Morgan fingerprint density at radius 1 is 0.842 bits per heavy atom. The zero-order chi connectivity index (χ0) is 13.1. The Balaban J connectivity index is 1.42. The minimum absolute atomic E-state index is 0.469. The summed E-state index contributed by atoms with van der Waals surface area (Å²) in [4.78, 5) is 5.46. The second-order valence-corrected chi connectivity index (χ2v) is 7.08. The lowest BCUT2D eigenvalue weighted by Crippen LogP contribution is -2.46. The van der Waals surface area contributed by atoms with Crippen LogP contribution in [0.5, 0.6) is 0 Å². The molecule has 1 unspecified atom stereocenters. The normalized spacial score (nSPS) is 33.0. The number of piperidine rings is 1. The Bertz CT molecular complexity index is 267. The van der Waals surface area contributed by atoms with Gasteiger partial charge >= 0.3 is 0 Å². The van der Waals surface area contributed by atoms with Crippen molar-refractivity contribution in [3.05, 3.63) is 0 Å². The number of likely N-dealkylation sites (tertiary alicyclic amines) is 2. The molecule has 1 atom stereocenters. The molecular weight excluding hydrogens is 234 g/mol. The van der Waals surface area contributed by atoms with Gasteiger partial charge in [0.2, 0.25) is 0 Å². The summed E-state index contributed by atoms with van der Waals surface area (Å²) in [6.45, 7) is 6.52. The van der Waals surface area contributed by atoms with Gasteiger partial charge in [-0.05, 0) is 57.7 Å². The van der Waals surface area contributed by atoms with E-state index in [9.17, 15) is 0 Å². The van der Waals surface area contributed by atoms with Gasteiger partial charge in [-0.25, -0.2) is 0 Å². The maximum atomic E-state index is 6.01. The van der Waals surface area contributed by atoms with Crippen molar-refractivity contribution >= 4 is 0 Å². The van der Waals surface area contributed by atoms with Crippen LogP contribution in [0.2, 0.25) is 0 Å². The van der Waals surface area contributed by atoms with E-state index in [1.165, 1.54) is 84.1 Å². The largest absolute Gasteiger partial charge is 0.328 e. The van der Waals surface area contributed by atoms with Crippen LogP contribution >= 0.6 is 0 Å². The molecule has 2 heterocycles. The van der Waals surface area contributed by atoms with Crippen LogP contribution in [0.1, 0.15) is 51.4 Å². The quantitative estimate of drug-likeness (QED) is 0.848. The SMILES string of the molecule is NC1CCN(C2CCN(CC3CCCCC3)C2)CC1. The molecule has 3 nitrogen and oxygen atoms in total. The minimum Gasteiger partial charge on any atom is -0.328 e. The third-order valence-corrected chi connectivity index (χ3v) is 5.58. The summed E-state index contributed by atoms with van der Waals surface area (Å²) in [5.41, 5.74) is 6.01. The van der Waals surface area contributed by atoms with Crippen molar-refractivity contribution in [1.82, 2.24) is 9.80 Å². The molecule has 0 aromatic heterocycles. The molecule has 0 aromatic carbocycles. The molecule has 0 amide bonds. The highest BCUT2D eigenvalue weighted by Crippen LogP contribution is 2.27. The highest BCUT2D eigenvalue weighted by atomic mass is 15.3. The topological polar surface area (TPSA) is 32.5 Å². The predicted molar refractivity (Wildman–Crippen MR) is 80.2 cm³/mol. The third-order valence-electron chi connectivity index (χ3n) is 5.58. The zero-order valence-electron chi connectivity index (χ0n) is 12.4. The van der Waals surface area contributed by atoms with Crippen LogP contribution in [0.25, 0.3) is 0 Å². The van der Waals surface area contributed by atoms with E-state index in [1.54, 1.807) is 0 Å². The van der Waals surface area contributed by atoms with Crippen LogP contribution in [0, 0.1) is 5.92 Å². The number of rotatable bonds is 3. The Labute approximate surface area is 118 Å². The first-order valence-electron chi connectivity index (χ1n) is 8.53. The molecular formula is C16H31N3. The van der Waals surface area contributed by atoms with Gasteiger partial charge in [0.25, 0.3) is 0 Å². The minimum atomic E-state index is 0.469. The Kier molecular flexibility index (Phi) is 4.78. The Morgan fingerprint density at radius 3 is 2.32 bits per heavy atom. The molecule has 0 bridgehead atoms. The van der Waals surface area contributed by atoms with Crippen molar-refractivity contribution in [2.45, 2.75) is 63.5 Å². The van der Waals surface area contributed by atoms with E-state index in [1.807, 2.05) is 0 Å². The predicted octanol–water partition coefficient (Wildman–Crippen LogP) is 2.06. The maximum absolute atomic E-state index is 6.01. The molecule has 2 N–H and O–H groups in total. The second kappa shape index (κ2) is 6.55. The summed E-state index contributed by atoms with van der Waals surface area (Å²) in [6.07, 6.45) is 11.2. The highest BCUT2D eigenvalue weighted by molar-refractivity contribution is 4.87. The third kappa shape index (κ3) is 3.71. The molecule has 3 aliphatic rings. The first kappa shape index (κ1) is 13.8. The van der Waals surface area contributed by atoms with E-state index < -0.39 is 0 Å². The second-order valence-electron chi connectivity index (χ2n) is 7.08. The standard InChI is InChI=1S/C16H31N3/c17-15-6-10-19(11-7-15)16-8-9-18(13-16)12-14-4-2-1-3-5-14/h14-16H,1-13,17H2. The summed E-state index contributed by atoms with van der Waals surface area (Å²) in [5.74, 6) is 1.00. The van der Waals surface area contributed by atoms with Gasteiger partial charge < -0.3 is 10.6 Å². The molecule has 0 spiro atoms. The fourth-order valence-electron chi connectivity index (χ4n) is 4.30. The monoisotopic (exact) mass is 265 g/mol. The lowest BCUT2D eigenvalue weighted by atomic mass is 9.89. The Morgan fingerprint density at radius 2 is 1.58 bits per heavy atom. The lowest BCUT2D eigenvalue weighted by molar-refractivity contribution is 0.147. The van der Waals surface area contributed by atoms with Crippen molar-refractivity contribution in [1.29, 1.82) is 0 Å². The van der Waals surface area contributed by atoms with Gasteiger partial charge in [0.15, 0.2) is 0 Å². The van der Waals surface area contributed by atoms with Gasteiger partial charge in [0.05, 0.1) is 0 Å². The molecule has 3 rings (SSSR count). The van der Waals surface area contributed by atoms with Crippen molar-refractivity contribution in [3.63, 3.8) is 0 Å². The van der Waals surface area contributed by atoms with Crippen LogP contribution in [-0.2, 0) is 0 Å². The van der Waals surface area contributed by atoms with Crippen molar-refractivity contribution in [2.24, 2.45) is 11.7 Å². The van der Waals surface area contributed by atoms with Crippen molar-refractivity contribution < 1.29 is 0 Å². The molecule has 2 saturated heterocycles. The number of nitrogens with zero attached hydrogens (tertiary/aromatic N) is 2. The van der Waals surface area contributed by atoms with Gasteiger partial charge in [-0.15, -0.1) is 0 Å². The van der Waals surface area contributed by atoms with Crippen LogP contribution in [0.3, 0.4) is 0 Å². The van der Waals surface area contributed by atoms with Crippen LogP contribution < -0.4 is 5.73 Å². The van der Waals surface area contributed by atoms with Crippen LogP contribution in [-0.4, -0.2) is 54.6 Å². The fraction of sp³-hybridized carbons (Fsp3) is 1.00.